The number of rotatable bonds is 6. The number of methoxy groups -OCH3 is 1. The van der Waals surface area contributed by atoms with Gasteiger partial charge in [-0.1, -0.05) is 37.3 Å². The smallest absolute Gasteiger partial charge is 0.341 e. The molecule has 1 atom stereocenters. The summed E-state index contributed by atoms with van der Waals surface area (Å²) < 4.78 is 10.8. The highest BCUT2D eigenvalue weighted by atomic mass is 16.5. The molecule has 4 heteroatoms. The first kappa shape index (κ1) is 14.3. The average molecular weight is 274 g/mol. The van der Waals surface area contributed by atoms with E-state index in [9.17, 15) is 4.79 Å². The fraction of sp³-hybridized carbons (Fsp3) is 0.312. The van der Waals surface area contributed by atoms with Crippen molar-refractivity contribution in [3.63, 3.8) is 0 Å². The van der Waals surface area contributed by atoms with E-state index in [1.807, 2.05) is 36.4 Å². The average Bonchev–Trinajstić information content (AvgIpc) is 2.47. The summed E-state index contributed by atoms with van der Waals surface area (Å²) in [5, 5.41) is 10.7. The van der Waals surface area contributed by atoms with Crippen LogP contribution < -0.4 is 4.74 Å². The molecule has 0 bridgehead atoms. The zero-order chi connectivity index (χ0) is 14.5. The first-order valence-electron chi connectivity index (χ1n) is 6.56. The molecule has 0 saturated heterocycles. The zero-order valence-electron chi connectivity index (χ0n) is 11.6. The van der Waals surface area contributed by atoms with Crippen LogP contribution in [0.4, 0.5) is 0 Å². The lowest BCUT2D eigenvalue weighted by atomic mass is 9.98. The topological polar surface area (TPSA) is 55.8 Å². The van der Waals surface area contributed by atoms with Gasteiger partial charge < -0.3 is 14.6 Å². The minimum absolute atomic E-state index is 0.0217. The monoisotopic (exact) mass is 274 g/mol. The Balaban J connectivity index is 2.49. The SMILES string of the molecule is CC[C@H](OC)c1ccc(OCC(=O)O)c2ccccc12. The van der Waals surface area contributed by atoms with Crippen LogP contribution in [0, 0.1) is 0 Å². The molecule has 2 aromatic rings. The maximum atomic E-state index is 10.6. The van der Waals surface area contributed by atoms with Crippen molar-refractivity contribution >= 4 is 16.7 Å². The van der Waals surface area contributed by atoms with E-state index in [-0.39, 0.29) is 12.7 Å². The van der Waals surface area contributed by atoms with E-state index in [0.717, 1.165) is 22.8 Å². The number of benzene rings is 2. The predicted octanol–water partition coefficient (Wildman–Crippen LogP) is 3.40. The second-order valence-corrected chi connectivity index (χ2v) is 4.51. The van der Waals surface area contributed by atoms with E-state index < -0.39 is 5.97 Å². The van der Waals surface area contributed by atoms with Crippen molar-refractivity contribution in [1.29, 1.82) is 0 Å². The summed E-state index contributed by atoms with van der Waals surface area (Å²) >= 11 is 0. The van der Waals surface area contributed by atoms with Gasteiger partial charge in [0.05, 0.1) is 6.10 Å². The van der Waals surface area contributed by atoms with Gasteiger partial charge in [-0.05, 0) is 23.4 Å². The van der Waals surface area contributed by atoms with Gasteiger partial charge in [0.1, 0.15) is 5.75 Å². The van der Waals surface area contributed by atoms with E-state index in [1.165, 1.54) is 0 Å². The molecule has 0 heterocycles. The molecule has 0 aliphatic rings. The Morgan fingerprint density at radius 1 is 1.20 bits per heavy atom. The van der Waals surface area contributed by atoms with Crippen molar-refractivity contribution in [1.82, 2.24) is 0 Å². The van der Waals surface area contributed by atoms with Crippen LogP contribution in [0.5, 0.6) is 5.75 Å². The maximum Gasteiger partial charge on any atom is 0.341 e. The highest BCUT2D eigenvalue weighted by Gasteiger charge is 2.14. The summed E-state index contributed by atoms with van der Waals surface area (Å²) in [4.78, 5) is 10.6. The largest absolute Gasteiger partial charge is 0.481 e. The van der Waals surface area contributed by atoms with Gasteiger partial charge in [-0.2, -0.15) is 0 Å². The Hall–Kier alpha value is -2.07. The molecule has 0 aromatic heterocycles. The molecule has 0 spiro atoms. The molecule has 0 aliphatic heterocycles. The number of fused-ring (bicyclic) bond motifs is 1. The number of ether oxygens (including phenoxy) is 2. The molecular weight excluding hydrogens is 256 g/mol. The van der Waals surface area contributed by atoms with Gasteiger partial charge in [-0.15, -0.1) is 0 Å². The highest BCUT2D eigenvalue weighted by molar-refractivity contribution is 5.91. The molecule has 2 rings (SSSR count). The Labute approximate surface area is 117 Å². The van der Waals surface area contributed by atoms with Crippen molar-refractivity contribution in [2.45, 2.75) is 19.4 Å². The molecule has 0 radical (unpaired) electrons. The van der Waals surface area contributed by atoms with Crippen LogP contribution in [-0.2, 0) is 9.53 Å². The molecular formula is C16H18O4. The van der Waals surface area contributed by atoms with Crippen LogP contribution in [0.3, 0.4) is 0 Å². The van der Waals surface area contributed by atoms with Crippen molar-refractivity contribution in [2.75, 3.05) is 13.7 Å². The number of carboxylic acid groups (broad SMARTS) is 1. The number of hydrogen-bond acceptors (Lipinski definition) is 3. The Kier molecular flexibility index (Phi) is 4.58. The molecule has 0 aliphatic carbocycles. The zero-order valence-corrected chi connectivity index (χ0v) is 11.6. The lowest BCUT2D eigenvalue weighted by Gasteiger charge is -2.17. The molecule has 0 unspecified atom stereocenters. The quantitative estimate of drug-likeness (QED) is 0.877. The summed E-state index contributed by atoms with van der Waals surface area (Å²) in [7, 11) is 1.69. The summed E-state index contributed by atoms with van der Waals surface area (Å²) in [6, 6.07) is 11.5. The van der Waals surface area contributed by atoms with Crippen molar-refractivity contribution in [2.24, 2.45) is 0 Å². The number of carboxylic acids is 1. The van der Waals surface area contributed by atoms with Gasteiger partial charge in [-0.25, -0.2) is 4.79 Å². The third kappa shape index (κ3) is 2.91. The number of hydrogen-bond donors (Lipinski definition) is 1. The molecule has 0 saturated carbocycles. The standard InChI is InChI=1S/C16H18O4/c1-3-14(19-2)13-8-9-15(20-10-16(17)18)12-7-5-4-6-11(12)13/h4-9,14H,3,10H2,1-2H3,(H,17,18)/t14-/m0/s1. The van der Waals surface area contributed by atoms with Crippen LogP contribution in [0.15, 0.2) is 36.4 Å². The first-order valence-corrected chi connectivity index (χ1v) is 6.56. The summed E-state index contributed by atoms with van der Waals surface area (Å²) in [5.74, 6) is -0.404. The summed E-state index contributed by atoms with van der Waals surface area (Å²) in [6.45, 7) is 1.72. The highest BCUT2D eigenvalue weighted by Crippen LogP contribution is 2.33. The second-order valence-electron chi connectivity index (χ2n) is 4.51. The minimum Gasteiger partial charge on any atom is -0.481 e. The van der Waals surface area contributed by atoms with E-state index in [2.05, 4.69) is 6.92 Å². The summed E-state index contributed by atoms with van der Waals surface area (Å²) in [6.07, 6.45) is 0.893. The molecule has 2 aromatic carbocycles. The van der Waals surface area contributed by atoms with Crippen molar-refractivity contribution < 1.29 is 19.4 Å². The molecule has 0 amide bonds. The molecule has 4 nitrogen and oxygen atoms in total. The van der Waals surface area contributed by atoms with E-state index in [4.69, 9.17) is 14.6 Å². The van der Waals surface area contributed by atoms with Gasteiger partial charge in [-0.3, -0.25) is 0 Å². The van der Waals surface area contributed by atoms with Crippen molar-refractivity contribution in [3.05, 3.63) is 42.0 Å². The Bertz CT molecular complexity index is 602. The third-order valence-electron chi connectivity index (χ3n) is 3.27. The predicted molar refractivity (Wildman–Crippen MR) is 77.1 cm³/mol. The van der Waals surface area contributed by atoms with E-state index >= 15 is 0 Å². The fourth-order valence-corrected chi connectivity index (χ4v) is 2.35. The number of aliphatic carboxylic acids is 1. The van der Waals surface area contributed by atoms with Crippen LogP contribution in [0.25, 0.3) is 10.8 Å². The van der Waals surface area contributed by atoms with Gasteiger partial charge in [0.15, 0.2) is 6.61 Å². The molecule has 20 heavy (non-hydrogen) atoms. The van der Waals surface area contributed by atoms with Crippen LogP contribution in [0.1, 0.15) is 25.0 Å². The Morgan fingerprint density at radius 2 is 1.90 bits per heavy atom. The van der Waals surface area contributed by atoms with Gasteiger partial charge in [0.2, 0.25) is 0 Å². The molecule has 0 fully saturated rings. The van der Waals surface area contributed by atoms with Crippen molar-refractivity contribution in [3.8, 4) is 5.75 Å². The minimum atomic E-state index is -0.985. The third-order valence-corrected chi connectivity index (χ3v) is 3.27. The fourth-order valence-electron chi connectivity index (χ4n) is 2.35. The van der Waals surface area contributed by atoms with E-state index in [1.54, 1.807) is 7.11 Å². The molecule has 106 valence electrons. The summed E-state index contributed by atoms with van der Waals surface area (Å²) in [5.41, 5.74) is 1.09. The maximum absolute atomic E-state index is 10.6. The second kappa shape index (κ2) is 6.39. The van der Waals surface area contributed by atoms with Crippen LogP contribution in [-0.4, -0.2) is 24.8 Å². The van der Waals surface area contributed by atoms with Gasteiger partial charge in [0.25, 0.3) is 0 Å². The van der Waals surface area contributed by atoms with E-state index in [0.29, 0.717) is 5.75 Å². The Morgan fingerprint density at radius 3 is 2.50 bits per heavy atom. The van der Waals surface area contributed by atoms with Crippen LogP contribution >= 0.6 is 0 Å². The first-order chi connectivity index (χ1) is 9.67. The normalized spacial score (nSPS) is 12.3. The lowest BCUT2D eigenvalue weighted by molar-refractivity contribution is -0.139. The van der Waals surface area contributed by atoms with Gasteiger partial charge >= 0.3 is 5.97 Å². The van der Waals surface area contributed by atoms with Crippen LogP contribution in [0.2, 0.25) is 0 Å². The number of carbonyl (C=O) groups is 1. The van der Waals surface area contributed by atoms with Gasteiger partial charge in [0, 0.05) is 12.5 Å². The lowest BCUT2D eigenvalue weighted by Crippen LogP contribution is -2.10. The molecule has 1 N–H and O–H groups in total.